The van der Waals surface area contributed by atoms with Gasteiger partial charge in [-0.05, 0) is 36.8 Å². The highest BCUT2D eigenvalue weighted by molar-refractivity contribution is 7.99. The molecule has 0 saturated carbocycles. The Balaban J connectivity index is 1.55. The number of hydrogen-bond donors (Lipinski definition) is 2. The Labute approximate surface area is 189 Å². The van der Waals surface area contributed by atoms with Crippen LogP contribution in [0, 0.1) is 6.92 Å². The van der Waals surface area contributed by atoms with E-state index in [4.69, 9.17) is 16.3 Å². The van der Waals surface area contributed by atoms with Crippen molar-refractivity contribution in [3.8, 4) is 5.75 Å². The number of methoxy groups -OCH3 is 1. The van der Waals surface area contributed by atoms with Gasteiger partial charge in [-0.3, -0.25) is 9.59 Å². The number of anilines is 2. The summed E-state index contributed by atoms with van der Waals surface area (Å²) in [4.78, 5) is 24.6. The van der Waals surface area contributed by atoms with E-state index in [9.17, 15) is 9.59 Å². The van der Waals surface area contributed by atoms with Crippen molar-refractivity contribution >= 4 is 46.6 Å². The molecule has 2 N–H and O–H groups in total. The first-order valence-electron chi connectivity index (χ1n) is 9.37. The van der Waals surface area contributed by atoms with E-state index >= 15 is 0 Å². The number of carbonyl (C=O) groups excluding carboxylic acids is 2. The number of amides is 2. The Morgan fingerprint density at radius 3 is 2.65 bits per heavy atom. The highest BCUT2D eigenvalue weighted by Crippen LogP contribution is 2.24. The Morgan fingerprint density at radius 2 is 1.90 bits per heavy atom. The van der Waals surface area contributed by atoms with Gasteiger partial charge in [-0.1, -0.05) is 41.6 Å². The van der Waals surface area contributed by atoms with Crippen molar-refractivity contribution in [3.63, 3.8) is 0 Å². The van der Waals surface area contributed by atoms with Crippen LogP contribution in [0.1, 0.15) is 11.4 Å². The first-order valence-corrected chi connectivity index (χ1v) is 10.7. The standard InChI is InChI=1S/C21H22ClN5O3S/c1-13-8-9-14(10-15(13)22)23-19(28)11-18-25-26-21(27(18)2)31-12-20(29)24-16-6-4-5-7-17(16)30-3/h4-10H,11-12H2,1-3H3,(H,23,28)(H,24,29). The maximum atomic E-state index is 12.4. The normalized spacial score (nSPS) is 10.6. The second-order valence-electron chi connectivity index (χ2n) is 6.68. The van der Waals surface area contributed by atoms with Gasteiger partial charge >= 0.3 is 0 Å². The van der Waals surface area contributed by atoms with Crippen LogP contribution in [0.15, 0.2) is 47.6 Å². The summed E-state index contributed by atoms with van der Waals surface area (Å²) in [6.07, 6.45) is 0.0446. The molecule has 162 valence electrons. The van der Waals surface area contributed by atoms with Gasteiger partial charge in [-0.15, -0.1) is 10.2 Å². The summed E-state index contributed by atoms with van der Waals surface area (Å²) < 4.78 is 6.93. The second kappa shape index (κ2) is 10.3. The molecule has 8 nitrogen and oxygen atoms in total. The van der Waals surface area contributed by atoms with Crippen molar-refractivity contribution < 1.29 is 14.3 Å². The van der Waals surface area contributed by atoms with Gasteiger partial charge in [0.05, 0.1) is 25.0 Å². The third-order valence-corrected chi connectivity index (χ3v) is 5.84. The Kier molecular flexibility index (Phi) is 7.54. The Bertz CT molecular complexity index is 1100. The topological polar surface area (TPSA) is 98.1 Å². The summed E-state index contributed by atoms with van der Waals surface area (Å²) in [6, 6.07) is 12.5. The number of aryl methyl sites for hydroxylation is 1. The van der Waals surface area contributed by atoms with Gasteiger partial charge < -0.3 is 19.9 Å². The minimum Gasteiger partial charge on any atom is -0.495 e. The fourth-order valence-electron chi connectivity index (χ4n) is 2.71. The van der Waals surface area contributed by atoms with Gasteiger partial charge in [0.2, 0.25) is 11.8 Å². The molecule has 0 saturated heterocycles. The molecular formula is C21H22ClN5O3S. The third kappa shape index (κ3) is 5.99. The maximum Gasteiger partial charge on any atom is 0.234 e. The molecule has 0 radical (unpaired) electrons. The zero-order valence-electron chi connectivity index (χ0n) is 17.3. The monoisotopic (exact) mass is 459 g/mol. The van der Waals surface area contributed by atoms with E-state index in [2.05, 4.69) is 20.8 Å². The summed E-state index contributed by atoms with van der Waals surface area (Å²) in [7, 11) is 3.30. The van der Waals surface area contributed by atoms with Crippen LogP contribution in [0.25, 0.3) is 0 Å². The van der Waals surface area contributed by atoms with Gasteiger partial charge in [-0.25, -0.2) is 0 Å². The smallest absolute Gasteiger partial charge is 0.234 e. The SMILES string of the molecule is COc1ccccc1NC(=O)CSc1nnc(CC(=O)Nc2ccc(C)c(Cl)c2)n1C. The van der Waals surface area contributed by atoms with Crippen LogP contribution in [0.5, 0.6) is 5.75 Å². The van der Waals surface area contributed by atoms with E-state index in [0.29, 0.717) is 33.1 Å². The second-order valence-corrected chi connectivity index (χ2v) is 8.03. The molecule has 0 aliphatic heterocycles. The van der Waals surface area contributed by atoms with E-state index < -0.39 is 0 Å². The highest BCUT2D eigenvalue weighted by atomic mass is 35.5. The molecule has 0 aliphatic rings. The number of hydrogen-bond acceptors (Lipinski definition) is 6. The lowest BCUT2D eigenvalue weighted by Gasteiger charge is -2.09. The largest absolute Gasteiger partial charge is 0.495 e. The van der Waals surface area contributed by atoms with E-state index in [0.717, 1.165) is 5.56 Å². The van der Waals surface area contributed by atoms with E-state index in [1.165, 1.54) is 11.8 Å². The van der Waals surface area contributed by atoms with Gasteiger partial charge in [0.15, 0.2) is 5.16 Å². The molecule has 0 atom stereocenters. The molecule has 2 amide bonds. The average molecular weight is 460 g/mol. The van der Waals surface area contributed by atoms with Crippen LogP contribution in [-0.4, -0.2) is 39.4 Å². The molecule has 1 aromatic heterocycles. The van der Waals surface area contributed by atoms with Crippen molar-refractivity contribution in [2.45, 2.75) is 18.5 Å². The number of benzene rings is 2. The fourth-order valence-corrected chi connectivity index (χ4v) is 3.62. The zero-order valence-corrected chi connectivity index (χ0v) is 18.9. The van der Waals surface area contributed by atoms with Crippen LogP contribution in [0.3, 0.4) is 0 Å². The van der Waals surface area contributed by atoms with Crippen LogP contribution >= 0.6 is 23.4 Å². The van der Waals surface area contributed by atoms with E-state index in [1.54, 1.807) is 43.0 Å². The molecule has 2 aromatic carbocycles. The molecule has 10 heteroatoms. The van der Waals surface area contributed by atoms with Crippen LogP contribution in [0.2, 0.25) is 5.02 Å². The fraction of sp³-hybridized carbons (Fsp3) is 0.238. The summed E-state index contributed by atoms with van der Waals surface area (Å²) in [6.45, 7) is 1.89. The Hall–Kier alpha value is -3.04. The summed E-state index contributed by atoms with van der Waals surface area (Å²) in [5, 5.41) is 14.9. The molecule has 3 rings (SSSR count). The molecule has 0 bridgehead atoms. The highest BCUT2D eigenvalue weighted by Gasteiger charge is 2.15. The van der Waals surface area contributed by atoms with Gasteiger partial charge in [0, 0.05) is 17.8 Å². The van der Waals surface area contributed by atoms with Crippen LogP contribution in [0.4, 0.5) is 11.4 Å². The minimum atomic E-state index is -0.235. The number of rotatable bonds is 8. The van der Waals surface area contributed by atoms with Gasteiger partial charge in [-0.2, -0.15) is 0 Å². The van der Waals surface area contributed by atoms with Crippen molar-refractivity contribution in [1.29, 1.82) is 0 Å². The lowest BCUT2D eigenvalue weighted by molar-refractivity contribution is -0.116. The first kappa shape index (κ1) is 22.6. The van der Waals surface area contributed by atoms with Crippen molar-refractivity contribution in [2.75, 3.05) is 23.5 Å². The number of thioether (sulfide) groups is 1. The van der Waals surface area contributed by atoms with Gasteiger partial charge in [0.25, 0.3) is 0 Å². The molecule has 1 heterocycles. The average Bonchev–Trinajstić information content (AvgIpc) is 3.09. The summed E-state index contributed by atoms with van der Waals surface area (Å²) in [5.41, 5.74) is 2.15. The molecule has 0 aliphatic carbocycles. The van der Waals surface area contributed by atoms with Gasteiger partial charge in [0.1, 0.15) is 11.6 Å². The minimum absolute atomic E-state index is 0.0446. The first-order chi connectivity index (χ1) is 14.9. The molecular weight excluding hydrogens is 438 g/mol. The molecule has 0 fully saturated rings. The Morgan fingerprint density at radius 1 is 1.13 bits per heavy atom. The van der Waals surface area contributed by atoms with Crippen molar-refractivity contribution in [3.05, 3.63) is 58.9 Å². The molecule has 0 spiro atoms. The number of aromatic nitrogens is 3. The summed E-state index contributed by atoms with van der Waals surface area (Å²) >= 11 is 7.32. The number of nitrogens with one attached hydrogen (secondary N) is 2. The van der Waals surface area contributed by atoms with Crippen molar-refractivity contribution in [2.24, 2.45) is 7.05 Å². The molecule has 3 aromatic rings. The lowest BCUT2D eigenvalue weighted by Crippen LogP contribution is -2.17. The number of carbonyl (C=O) groups is 2. The maximum absolute atomic E-state index is 12.4. The quantitative estimate of drug-likeness (QED) is 0.498. The summed E-state index contributed by atoms with van der Waals surface area (Å²) in [5.74, 6) is 0.776. The van der Waals surface area contributed by atoms with E-state index in [1.807, 2.05) is 25.1 Å². The number of para-hydroxylation sites is 2. The predicted molar refractivity (Wildman–Crippen MR) is 122 cm³/mol. The lowest BCUT2D eigenvalue weighted by atomic mass is 10.2. The molecule has 0 unspecified atom stereocenters. The number of nitrogens with zero attached hydrogens (tertiary/aromatic N) is 3. The zero-order chi connectivity index (χ0) is 22.4. The van der Waals surface area contributed by atoms with E-state index in [-0.39, 0.29) is 24.0 Å². The predicted octanol–water partition coefficient (Wildman–Crippen LogP) is 3.70. The molecule has 31 heavy (non-hydrogen) atoms. The third-order valence-electron chi connectivity index (χ3n) is 4.41. The van der Waals surface area contributed by atoms with Crippen LogP contribution in [-0.2, 0) is 23.1 Å². The number of ether oxygens (including phenoxy) is 1. The van der Waals surface area contributed by atoms with Crippen molar-refractivity contribution in [1.82, 2.24) is 14.8 Å². The number of halogens is 1. The van der Waals surface area contributed by atoms with Crippen LogP contribution < -0.4 is 15.4 Å².